The highest BCUT2D eigenvalue weighted by Crippen LogP contribution is 2.45. The molecule has 2 aliphatic rings. The second-order valence-electron chi connectivity index (χ2n) is 6.48. The number of nitriles is 1. The zero-order chi connectivity index (χ0) is 19.8. The highest BCUT2D eigenvalue weighted by atomic mass is 35.5. The van der Waals surface area contributed by atoms with Gasteiger partial charge in [0.15, 0.2) is 0 Å². The summed E-state index contributed by atoms with van der Waals surface area (Å²) in [5.74, 6) is -0.781. The molecule has 1 atom stereocenters. The molecule has 0 radical (unpaired) electrons. The van der Waals surface area contributed by atoms with E-state index in [4.69, 9.17) is 23.2 Å². The van der Waals surface area contributed by atoms with E-state index in [9.17, 15) is 14.4 Å². The molecule has 0 saturated carbocycles. The van der Waals surface area contributed by atoms with Gasteiger partial charge < -0.3 is 4.90 Å². The molecule has 0 N–H and O–H groups in total. The second kappa shape index (κ2) is 7.67. The van der Waals surface area contributed by atoms with Gasteiger partial charge in [0.1, 0.15) is 5.82 Å². The maximum Gasteiger partial charge on any atom is 0.229 e. The molecular formula is C20H14Cl2FN3OS. The van der Waals surface area contributed by atoms with Crippen molar-refractivity contribution in [3.63, 3.8) is 0 Å². The van der Waals surface area contributed by atoms with E-state index >= 15 is 0 Å². The van der Waals surface area contributed by atoms with Crippen LogP contribution in [0.2, 0.25) is 10.0 Å². The molecule has 0 bridgehead atoms. The van der Waals surface area contributed by atoms with Crippen molar-refractivity contribution >= 4 is 46.6 Å². The van der Waals surface area contributed by atoms with Crippen molar-refractivity contribution in [2.75, 3.05) is 17.4 Å². The van der Waals surface area contributed by atoms with Crippen LogP contribution in [0, 0.1) is 17.1 Å². The second-order valence-corrected chi connectivity index (χ2v) is 8.25. The van der Waals surface area contributed by atoms with Crippen molar-refractivity contribution in [3.05, 3.63) is 74.5 Å². The predicted octanol–water partition coefficient (Wildman–Crippen LogP) is 5.35. The normalized spacial score (nSPS) is 19.5. The number of hydrogen-bond donors (Lipinski definition) is 0. The van der Waals surface area contributed by atoms with Gasteiger partial charge in [-0.2, -0.15) is 5.26 Å². The first-order valence-corrected chi connectivity index (χ1v) is 10.3. The number of rotatable bonds is 2. The monoisotopic (exact) mass is 433 g/mol. The van der Waals surface area contributed by atoms with E-state index in [0.717, 1.165) is 5.69 Å². The Balaban J connectivity index is 1.70. The topological polar surface area (TPSA) is 47.3 Å². The number of fused-ring (bicyclic) bond motifs is 1. The lowest BCUT2D eigenvalue weighted by Crippen LogP contribution is -2.47. The van der Waals surface area contributed by atoms with Crippen molar-refractivity contribution in [3.8, 4) is 6.07 Å². The molecule has 1 amide bonds. The molecule has 28 heavy (non-hydrogen) atoms. The first-order chi connectivity index (χ1) is 13.5. The van der Waals surface area contributed by atoms with Crippen molar-refractivity contribution in [2.45, 2.75) is 12.3 Å². The van der Waals surface area contributed by atoms with E-state index in [1.54, 1.807) is 23.1 Å². The molecule has 142 valence electrons. The van der Waals surface area contributed by atoms with Crippen LogP contribution in [0.25, 0.3) is 0 Å². The summed E-state index contributed by atoms with van der Waals surface area (Å²) in [6.07, 6.45) is 0.00205. The summed E-state index contributed by atoms with van der Waals surface area (Å²) in [6.45, 7) is 0.325. The third kappa shape index (κ3) is 3.35. The maximum absolute atomic E-state index is 14.4. The number of thioether (sulfide) groups is 1. The number of hydrogen-bond acceptors (Lipinski definition) is 4. The molecule has 0 spiro atoms. The lowest BCUT2D eigenvalue weighted by atomic mass is 9.86. The molecule has 2 aromatic rings. The fourth-order valence-electron chi connectivity index (χ4n) is 3.47. The van der Waals surface area contributed by atoms with Crippen LogP contribution in [0.1, 0.15) is 17.9 Å². The first kappa shape index (κ1) is 19.1. The quantitative estimate of drug-likeness (QED) is 0.639. The highest BCUT2D eigenvalue weighted by molar-refractivity contribution is 8.03. The zero-order valence-electron chi connectivity index (χ0n) is 14.5. The van der Waals surface area contributed by atoms with Crippen molar-refractivity contribution < 1.29 is 9.18 Å². The molecule has 0 unspecified atom stereocenters. The summed E-state index contributed by atoms with van der Waals surface area (Å²) in [5.41, 5.74) is 1.52. The van der Waals surface area contributed by atoms with Crippen LogP contribution in [-0.4, -0.2) is 23.4 Å². The minimum Gasteiger partial charge on any atom is -0.344 e. The molecule has 0 aromatic heterocycles. The Bertz CT molecular complexity index is 999. The van der Waals surface area contributed by atoms with Gasteiger partial charge in [0.05, 0.1) is 29.2 Å². The van der Waals surface area contributed by atoms with Crippen molar-refractivity contribution in [1.82, 2.24) is 4.90 Å². The number of nitrogens with zero attached hydrogens (tertiary/aromatic N) is 3. The number of amides is 1. The van der Waals surface area contributed by atoms with E-state index in [2.05, 4.69) is 6.07 Å². The van der Waals surface area contributed by atoms with Crippen LogP contribution >= 0.6 is 35.0 Å². The van der Waals surface area contributed by atoms with E-state index < -0.39 is 11.7 Å². The summed E-state index contributed by atoms with van der Waals surface area (Å²) < 4.78 is 14.4. The largest absolute Gasteiger partial charge is 0.344 e. The van der Waals surface area contributed by atoms with E-state index in [1.165, 1.54) is 23.9 Å². The van der Waals surface area contributed by atoms with Crippen molar-refractivity contribution in [1.29, 1.82) is 5.26 Å². The van der Waals surface area contributed by atoms with E-state index in [0.29, 0.717) is 28.2 Å². The minimum atomic E-state index is -0.674. The Labute approximate surface area is 176 Å². The summed E-state index contributed by atoms with van der Waals surface area (Å²) >= 11 is 13.5. The lowest BCUT2D eigenvalue weighted by Gasteiger charge is -2.42. The van der Waals surface area contributed by atoms with Crippen LogP contribution in [0.5, 0.6) is 0 Å². The Kier molecular flexibility index (Phi) is 5.24. The number of carbonyl (C=O) groups is 1. The van der Waals surface area contributed by atoms with Gasteiger partial charge in [-0.1, -0.05) is 41.0 Å². The summed E-state index contributed by atoms with van der Waals surface area (Å²) in [7, 11) is 0. The summed E-state index contributed by atoms with van der Waals surface area (Å²) in [4.78, 5) is 16.5. The third-order valence-electron chi connectivity index (χ3n) is 4.83. The van der Waals surface area contributed by atoms with Gasteiger partial charge in [-0.3, -0.25) is 9.69 Å². The molecule has 2 heterocycles. The predicted molar refractivity (Wildman–Crippen MR) is 110 cm³/mol. The number of anilines is 1. The Morgan fingerprint density at radius 3 is 2.61 bits per heavy atom. The number of halogens is 3. The molecule has 2 aliphatic heterocycles. The van der Waals surface area contributed by atoms with Crippen LogP contribution in [-0.2, 0) is 4.79 Å². The first-order valence-electron chi connectivity index (χ1n) is 8.51. The smallest absolute Gasteiger partial charge is 0.229 e. The molecule has 1 saturated heterocycles. The van der Waals surface area contributed by atoms with Gasteiger partial charge in [0, 0.05) is 33.6 Å². The number of allylic oxidation sites excluding steroid dienone is 1. The van der Waals surface area contributed by atoms with Crippen LogP contribution in [0.3, 0.4) is 0 Å². The molecule has 0 aliphatic carbocycles. The van der Waals surface area contributed by atoms with Crippen LogP contribution < -0.4 is 4.90 Å². The lowest BCUT2D eigenvalue weighted by molar-refractivity contribution is -0.129. The molecule has 2 aromatic carbocycles. The average molecular weight is 434 g/mol. The van der Waals surface area contributed by atoms with Gasteiger partial charge in [0.2, 0.25) is 5.91 Å². The molecular weight excluding hydrogens is 420 g/mol. The fraction of sp³-hybridized carbons (Fsp3) is 0.200. The SMILES string of the molecule is N#CC1=C2SCN(c3ccc(Cl)cc3)CN2C(=O)C[C@H]1c1c(F)cccc1Cl. The van der Waals surface area contributed by atoms with Gasteiger partial charge in [-0.15, -0.1) is 0 Å². The van der Waals surface area contributed by atoms with E-state index in [1.807, 2.05) is 17.0 Å². The van der Waals surface area contributed by atoms with Gasteiger partial charge in [0.25, 0.3) is 0 Å². The standard InChI is InChI=1S/C20H14Cl2FN3OS/c21-12-4-6-13(7-5-12)25-10-26-18(27)8-14(15(9-24)20(26)28-11-25)19-16(22)2-1-3-17(19)23/h1-7,14H,8,10-11H2/t14-/m1/s1. The average Bonchev–Trinajstić information content (AvgIpc) is 2.68. The molecule has 4 nitrogen and oxygen atoms in total. The number of benzene rings is 2. The summed E-state index contributed by atoms with van der Waals surface area (Å²) in [6, 6.07) is 13.9. The fourth-order valence-corrected chi connectivity index (χ4v) is 5.06. The minimum absolute atomic E-state index is 0.00205. The number of carbonyl (C=O) groups excluding carboxylic acids is 1. The Hall–Kier alpha value is -2.20. The van der Waals surface area contributed by atoms with Gasteiger partial charge >= 0.3 is 0 Å². The highest BCUT2D eigenvalue weighted by Gasteiger charge is 2.39. The zero-order valence-corrected chi connectivity index (χ0v) is 16.9. The molecule has 4 rings (SSSR count). The Morgan fingerprint density at radius 2 is 1.93 bits per heavy atom. The van der Waals surface area contributed by atoms with Crippen LogP contribution in [0.15, 0.2) is 53.1 Å². The Morgan fingerprint density at radius 1 is 1.18 bits per heavy atom. The van der Waals surface area contributed by atoms with Crippen molar-refractivity contribution in [2.24, 2.45) is 0 Å². The van der Waals surface area contributed by atoms with Crippen LogP contribution in [0.4, 0.5) is 10.1 Å². The van der Waals surface area contributed by atoms with Gasteiger partial charge in [-0.05, 0) is 36.4 Å². The van der Waals surface area contributed by atoms with Gasteiger partial charge in [-0.25, -0.2) is 4.39 Å². The summed E-state index contributed by atoms with van der Waals surface area (Å²) in [5, 5.41) is 11.2. The molecule has 8 heteroatoms. The third-order valence-corrected chi connectivity index (χ3v) is 6.57. The van der Waals surface area contributed by atoms with E-state index in [-0.39, 0.29) is 22.9 Å². The maximum atomic E-state index is 14.4. The molecule has 1 fully saturated rings.